The van der Waals surface area contributed by atoms with Gasteiger partial charge in [-0.1, -0.05) is 60.7 Å². The molecule has 0 heterocycles. The normalized spacial score (nSPS) is 10.4. The van der Waals surface area contributed by atoms with Crippen molar-refractivity contribution in [3.05, 3.63) is 71.8 Å². The molecule has 142 valence electrons. The second-order valence-corrected chi connectivity index (χ2v) is 7.87. The standard InChI is InChI=1S/2C10H16N.CH3O.H2O/c2*1-11(2,3)9-10-7-5-4-6-8-10;1-2;/h2*4-8H,9H2,1-3H3;1H3;1H2/q2*+1;-1;/p-1. The van der Waals surface area contributed by atoms with Crippen molar-refractivity contribution in [3.8, 4) is 0 Å². The summed E-state index contributed by atoms with van der Waals surface area (Å²) < 4.78 is 1.98. The maximum Gasteiger partial charge on any atom is 0.104 e. The molecule has 0 atom stereocenters. The van der Waals surface area contributed by atoms with Gasteiger partial charge in [-0.15, -0.1) is 0 Å². The quantitative estimate of drug-likeness (QED) is 0.798. The monoisotopic (exact) mass is 348 g/mol. The van der Waals surface area contributed by atoms with E-state index in [2.05, 4.69) is 103 Å². The molecule has 0 bridgehead atoms. The molecule has 0 unspecified atom stereocenters. The van der Waals surface area contributed by atoms with Crippen molar-refractivity contribution in [1.29, 1.82) is 0 Å². The van der Waals surface area contributed by atoms with Crippen LogP contribution in [0.4, 0.5) is 0 Å². The predicted octanol–water partition coefficient (Wildman–Crippen LogP) is 2.59. The van der Waals surface area contributed by atoms with Gasteiger partial charge in [0, 0.05) is 11.1 Å². The molecule has 2 aromatic carbocycles. The summed E-state index contributed by atoms with van der Waals surface area (Å²) in [6.07, 6.45) is 0. The molecule has 0 fully saturated rings. The first-order chi connectivity index (χ1) is 11.2. The average Bonchev–Trinajstić information content (AvgIpc) is 2.48. The number of hydrogen-bond acceptors (Lipinski definition) is 2. The lowest BCUT2D eigenvalue weighted by Crippen LogP contribution is -2.33. The maximum atomic E-state index is 8.25. The van der Waals surface area contributed by atoms with Gasteiger partial charge in [-0.2, -0.15) is 7.11 Å². The predicted molar refractivity (Wildman–Crippen MR) is 104 cm³/mol. The van der Waals surface area contributed by atoms with Crippen molar-refractivity contribution < 1.29 is 19.5 Å². The van der Waals surface area contributed by atoms with Gasteiger partial charge in [0.15, 0.2) is 0 Å². The third-order valence-electron chi connectivity index (χ3n) is 3.00. The lowest BCUT2D eigenvalue weighted by molar-refractivity contribution is -0.884. The van der Waals surface area contributed by atoms with Gasteiger partial charge in [0.1, 0.15) is 13.1 Å². The molecule has 0 radical (unpaired) electrons. The Hall–Kier alpha value is -1.72. The van der Waals surface area contributed by atoms with Crippen LogP contribution >= 0.6 is 0 Å². The fourth-order valence-corrected chi connectivity index (χ4v) is 2.26. The van der Waals surface area contributed by atoms with Crippen LogP contribution in [0.1, 0.15) is 11.1 Å². The van der Waals surface area contributed by atoms with Gasteiger partial charge in [0.2, 0.25) is 0 Å². The van der Waals surface area contributed by atoms with E-state index in [4.69, 9.17) is 5.11 Å². The summed E-state index contributed by atoms with van der Waals surface area (Å²) in [4.78, 5) is 0. The van der Waals surface area contributed by atoms with E-state index in [1.165, 1.54) is 11.1 Å². The first-order valence-corrected chi connectivity index (χ1v) is 8.25. The average molecular weight is 349 g/mol. The molecule has 0 saturated carbocycles. The molecule has 0 amide bonds. The van der Waals surface area contributed by atoms with E-state index in [-0.39, 0.29) is 5.48 Å². The van der Waals surface area contributed by atoms with Gasteiger partial charge < -0.3 is 19.5 Å². The molecule has 1 N–H and O–H groups in total. The molecular formula is C21H36N2O2. The Balaban J connectivity index is 0. The Bertz CT molecular complexity index is 478. The second-order valence-electron chi connectivity index (χ2n) is 7.87. The SMILES string of the molecule is C[N+](C)(C)Cc1ccccc1.C[N+](C)(C)Cc1ccccc1.C[O-].[OH-]. The zero-order chi connectivity index (χ0) is 18.6. The lowest BCUT2D eigenvalue weighted by atomic mass is 10.2. The van der Waals surface area contributed by atoms with Gasteiger partial charge in [-0.3, -0.25) is 0 Å². The molecule has 0 aliphatic rings. The highest BCUT2D eigenvalue weighted by atomic mass is 16.2. The van der Waals surface area contributed by atoms with Crippen LogP contribution in [0.3, 0.4) is 0 Å². The number of hydrogen-bond donors (Lipinski definition) is 0. The number of quaternary nitrogens is 2. The summed E-state index contributed by atoms with van der Waals surface area (Å²) in [6.45, 7) is 2.20. The number of rotatable bonds is 4. The summed E-state index contributed by atoms with van der Waals surface area (Å²) in [5.41, 5.74) is 2.81. The minimum absolute atomic E-state index is 0. The Labute approximate surface area is 154 Å². The number of benzene rings is 2. The van der Waals surface area contributed by atoms with Crippen LogP contribution in [-0.4, -0.2) is 63.8 Å². The van der Waals surface area contributed by atoms with E-state index >= 15 is 0 Å². The van der Waals surface area contributed by atoms with Gasteiger partial charge in [0.25, 0.3) is 0 Å². The van der Waals surface area contributed by atoms with Crippen LogP contribution in [0.2, 0.25) is 0 Å². The van der Waals surface area contributed by atoms with Crippen LogP contribution in [0.25, 0.3) is 0 Å². The third-order valence-corrected chi connectivity index (χ3v) is 3.00. The molecule has 0 spiro atoms. The summed E-state index contributed by atoms with van der Waals surface area (Å²) in [5.74, 6) is 0. The van der Waals surface area contributed by atoms with Gasteiger partial charge in [0.05, 0.1) is 42.3 Å². The Kier molecular flexibility index (Phi) is 12.9. The van der Waals surface area contributed by atoms with Gasteiger partial charge >= 0.3 is 0 Å². The first kappa shape index (κ1) is 25.5. The third kappa shape index (κ3) is 15.5. The summed E-state index contributed by atoms with van der Waals surface area (Å²) in [7, 11) is 14.0. The van der Waals surface area contributed by atoms with E-state index < -0.39 is 0 Å². The van der Waals surface area contributed by atoms with Crippen LogP contribution in [-0.2, 0) is 13.1 Å². The van der Waals surface area contributed by atoms with Crippen LogP contribution in [0.15, 0.2) is 60.7 Å². The van der Waals surface area contributed by atoms with Crippen LogP contribution in [0.5, 0.6) is 0 Å². The fourth-order valence-electron chi connectivity index (χ4n) is 2.26. The molecule has 25 heavy (non-hydrogen) atoms. The van der Waals surface area contributed by atoms with Crippen LogP contribution in [0, 0.1) is 0 Å². The molecule has 0 aromatic heterocycles. The number of nitrogens with zero attached hydrogens (tertiary/aromatic N) is 2. The molecular weight excluding hydrogens is 312 g/mol. The van der Waals surface area contributed by atoms with Crippen molar-refractivity contribution in [2.75, 3.05) is 49.4 Å². The molecule has 4 nitrogen and oxygen atoms in total. The minimum Gasteiger partial charge on any atom is -0.870 e. The Morgan fingerprint density at radius 2 is 0.800 bits per heavy atom. The Morgan fingerprint density at radius 3 is 1.00 bits per heavy atom. The molecule has 0 aliphatic heterocycles. The largest absolute Gasteiger partial charge is 0.870 e. The van der Waals surface area contributed by atoms with E-state index in [0.717, 1.165) is 29.2 Å². The van der Waals surface area contributed by atoms with Gasteiger partial charge in [-0.05, 0) is 0 Å². The molecule has 2 rings (SSSR count). The maximum absolute atomic E-state index is 8.25. The topological polar surface area (TPSA) is 53.1 Å². The van der Waals surface area contributed by atoms with E-state index in [1.807, 2.05) is 0 Å². The first-order valence-electron chi connectivity index (χ1n) is 8.25. The molecule has 4 heteroatoms. The van der Waals surface area contributed by atoms with Crippen molar-refractivity contribution in [1.82, 2.24) is 0 Å². The van der Waals surface area contributed by atoms with Gasteiger partial charge in [-0.25, -0.2) is 0 Å². The summed E-state index contributed by atoms with van der Waals surface area (Å²) in [5, 5.41) is 8.25. The zero-order valence-corrected chi connectivity index (χ0v) is 16.9. The van der Waals surface area contributed by atoms with E-state index in [0.29, 0.717) is 0 Å². The highest BCUT2D eigenvalue weighted by Crippen LogP contribution is 2.05. The van der Waals surface area contributed by atoms with Crippen molar-refractivity contribution in [2.24, 2.45) is 0 Å². The van der Waals surface area contributed by atoms with E-state index in [9.17, 15) is 0 Å². The second kappa shape index (κ2) is 12.6. The molecule has 0 saturated heterocycles. The van der Waals surface area contributed by atoms with Crippen LogP contribution < -0.4 is 5.11 Å². The lowest BCUT2D eigenvalue weighted by Gasteiger charge is -2.23. The highest BCUT2D eigenvalue weighted by Gasteiger charge is 2.07. The fraction of sp³-hybridized carbons (Fsp3) is 0.429. The smallest absolute Gasteiger partial charge is 0.104 e. The summed E-state index contributed by atoms with van der Waals surface area (Å²) in [6, 6.07) is 21.1. The highest BCUT2D eigenvalue weighted by molar-refractivity contribution is 5.13. The summed E-state index contributed by atoms with van der Waals surface area (Å²) >= 11 is 0. The minimum atomic E-state index is 0. The van der Waals surface area contributed by atoms with E-state index in [1.54, 1.807) is 0 Å². The Morgan fingerprint density at radius 1 is 0.560 bits per heavy atom. The molecule has 0 aliphatic carbocycles. The van der Waals surface area contributed by atoms with Crippen molar-refractivity contribution in [3.63, 3.8) is 0 Å². The van der Waals surface area contributed by atoms with Crippen molar-refractivity contribution >= 4 is 0 Å². The molecule has 2 aromatic rings. The van der Waals surface area contributed by atoms with Crippen molar-refractivity contribution in [2.45, 2.75) is 13.1 Å². The zero-order valence-electron chi connectivity index (χ0n) is 16.9.